The Morgan fingerprint density at radius 3 is 2.29 bits per heavy atom. The summed E-state index contributed by atoms with van der Waals surface area (Å²) in [5.74, 6) is -1.06. The lowest BCUT2D eigenvalue weighted by molar-refractivity contribution is -0.140. The van der Waals surface area contributed by atoms with Gasteiger partial charge in [-0.2, -0.15) is 11.8 Å². The van der Waals surface area contributed by atoms with Gasteiger partial charge >= 0.3 is 12.1 Å². The van der Waals surface area contributed by atoms with Crippen LogP contribution in [0, 0.1) is 0 Å². The number of aliphatic carboxylic acids is 1. The van der Waals surface area contributed by atoms with E-state index in [0.29, 0.717) is 0 Å². The predicted molar refractivity (Wildman–Crippen MR) is 68.4 cm³/mol. The highest BCUT2D eigenvalue weighted by Crippen LogP contribution is 2.32. The van der Waals surface area contributed by atoms with Crippen LogP contribution in [0.15, 0.2) is 0 Å². The molecule has 100 valence electrons. The van der Waals surface area contributed by atoms with Gasteiger partial charge in [0.05, 0.1) is 6.61 Å². The Morgan fingerprint density at radius 2 is 1.94 bits per heavy atom. The van der Waals surface area contributed by atoms with Crippen LogP contribution in [0.5, 0.6) is 0 Å². The molecule has 1 atom stereocenters. The molecule has 0 bridgehead atoms. The molecule has 0 aromatic rings. The van der Waals surface area contributed by atoms with Crippen molar-refractivity contribution in [2.24, 2.45) is 0 Å². The van der Waals surface area contributed by atoms with Gasteiger partial charge in [0.2, 0.25) is 0 Å². The second-order valence-corrected chi connectivity index (χ2v) is 6.64. The third-order valence-electron chi connectivity index (χ3n) is 2.02. The number of carbonyl (C=O) groups is 2. The van der Waals surface area contributed by atoms with Crippen molar-refractivity contribution in [2.45, 2.75) is 50.7 Å². The maximum absolute atomic E-state index is 11.3. The van der Waals surface area contributed by atoms with E-state index in [1.807, 2.05) is 13.8 Å². The highest BCUT2D eigenvalue weighted by Gasteiger charge is 2.38. The molecule has 1 unspecified atom stereocenters. The number of carboxylic acid groups (broad SMARTS) is 1. The second kappa shape index (κ2) is 6.74. The first-order chi connectivity index (χ1) is 7.70. The third-order valence-corrected chi connectivity index (χ3v) is 3.33. The predicted octanol–water partition coefficient (Wildman–Crippen LogP) is 2.11. The summed E-state index contributed by atoms with van der Waals surface area (Å²) in [6.07, 6.45) is -0.697. The number of ether oxygens (including phenoxy) is 1. The molecular formula is C11H21NO4S. The van der Waals surface area contributed by atoms with Gasteiger partial charge in [0, 0.05) is 4.75 Å². The standard InChI is InChI=1S/C11H21NO4S/c1-6-16-10(15)12-8(9(13)14)11(4,5)17-7(2)3/h7-8H,6H2,1-5H3,(H,12,15)(H,13,14). The van der Waals surface area contributed by atoms with Crippen LogP contribution >= 0.6 is 11.8 Å². The fraction of sp³-hybridized carbons (Fsp3) is 0.818. The molecule has 0 aromatic heterocycles. The van der Waals surface area contributed by atoms with E-state index >= 15 is 0 Å². The molecule has 0 spiro atoms. The van der Waals surface area contributed by atoms with E-state index in [4.69, 9.17) is 9.84 Å². The van der Waals surface area contributed by atoms with Crippen molar-refractivity contribution in [1.82, 2.24) is 5.32 Å². The summed E-state index contributed by atoms with van der Waals surface area (Å²) in [5.41, 5.74) is 0. The molecule has 2 N–H and O–H groups in total. The average Bonchev–Trinajstić information content (AvgIpc) is 2.11. The smallest absolute Gasteiger partial charge is 0.407 e. The first kappa shape index (κ1) is 16.1. The molecule has 6 heteroatoms. The number of hydrogen-bond donors (Lipinski definition) is 2. The van der Waals surface area contributed by atoms with Crippen molar-refractivity contribution in [3.05, 3.63) is 0 Å². The Balaban J connectivity index is 4.72. The van der Waals surface area contributed by atoms with Crippen LogP contribution in [0.25, 0.3) is 0 Å². The van der Waals surface area contributed by atoms with Gasteiger partial charge < -0.3 is 15.2 Å². The fourth-order valence-corrected chi connectivity index (χ4v) is 3.01. The molecule has 1 amide bonds. The Labute approximate surface area is 106 Å². The van der Waals surface area contributed by atoms with Gasteiger partial charge in [-0.25, -0.2) is 9.59 Å². The molecule has 0 aliphatic heterocycles. The summed E-state index contributed by atoms with van der Waals surface area (Å²) in [6, 6.07) is -0.978. The van der Waals surface area contributed by atoms with Crippen molar-refractivity contribution in [1.29, 1.82) is 0 Å². The van der Waals surface area contributed by atoms with E-state index in [0.717, 1.165) is 0 Å². The first-order valence-electron chi connectivity index (χ1n) is 5.54. The van der Waals surface area contributed by atoms with Gasteiger partial charge in [-0.05, 0) is 26.0 Å². The third kappa shape index (κ3) is 5.81. The van der Waals surface area contributed by atoms with E-state index in [1.54, 1.807) is 20.8 Å². The summed E-state index contributed by atoms with van der Waals surface area (Å²) in [7, 11) is 0. The Kier molecular flexibility index (Phi) is 6.37. The normalized spacial score (nSPS) is 13.3. The molecule has 5 nitrogen and oxygen atoms in total. The minimum atomic E-state index is -1.06. The van der Waals surface area contributed by atoms with Gasteiger partial charge in [0.1, 0.15) is 6.04 Å². The minimum Gasteiger partial charge on any atom is -0.480 e. The molecule has 0 aliphatic carbocycles. The van der Waals surface area contributed by atoms with Crippen molar-refractivity contribution < 1.29 is 19.4 Å². The Bertz CT molecular complexity index is 279. The number of thioether (sulfide) groups is 1. The molecule has 17 heavy (non-hydrogen) atoms. The van der Waals surface area contributed by atoms with Gasteiger partial charge in [0.25, 0.3) is 0 Å². The van der Waals surface area contributed by atoms with Crippen LogP contribution in [0.1, 0.15) is 34.6 Å². The van der Waals surface area contributed by atoms with E-state index in [9.17, 15) is 9.59 Å². The van der Waals surface area contributed by atoms with E-state index in [1.165, 1.54) is 11.8 Å². The first-order valence-corrected chi connectivity index (χ1v) is 6.42. The minimum absolute atomic E-state index is 0.218. The lowest BCUT2D eigenvalue weighted by Crippen LogP contribution is -2.53. The molecular weight excluding hydrogens is 242 g/mol. The van der Waals surface area contributed by atoms with Crippen LogP contribution < -0.4 is 5.32 Å². The van der Waals surface area contributed by atoms with Crippen LogP contribution in [-0.4, -0.2) is 39.8 Å². The van der Waals surface area contributed by atoms with Crippen molar-refractivity contribution in [2.75, 3.05) is 6.61 Å². The van der Waals surface area contributed by atoms with Crippen LogP contribution in [0.3, 0.4) is 0 Å². The SMILES string of the molecule is CCOC(=O)NC(C(=O)O)C(C)(C)SC(C)C. The molecule has 0 saturated carbocycles. The van der Waals surface area contributed by atoms with Gasteiger partial charge in [-0.15, -0.1) is 0 Å². The Hall–Kier alpha value is -0.910. The maximum Gasteiger partial charge on any atom is 0.407 e. The van der Waals surface area contributed by atoms with Crippen molar-refractivity contribution in [3.63, 3.8) is 0 Å². The van der Waals surface area contributed by atoms with Gasteiger partial charge in [-0.3, -0.25) is 0 Å². The number of amides is 1. The van der Waals surface area contributed by atoms with Crippen molar-refractivity contribution >= 4 is 23.8 Å². The van der Waals surface area contributed by atoms with Crippen LogP contribution in [0.2, 0.25) is 0 Å². The highest BCUT2D eigenvalue weighted by atomic mass is 32.2. The number of hydrogen-bond acceptors (Lipinski definition) is 4. The topological polar surface area (TPSA) is 75.6 Å². The molecule has 0 radical (unpaired) electrons. The number of carboxylic acids is 1. The van der Waals surface area contributed by atoms with Gasteiger partial charge in [0.15, 0.2) is 0 Å². The van der Waals surface area contributed by atoms with E-state index < -0.39 is 22.9 Å². The maximum atomic E-state index is 11.3. The summed E-state index contributed by atoms with van der Waals surface area (Å²) < 4.78 is 4.10. The number of alkyl carbamates (subject to hydrolysis) is 1. The summed E-state index contributed by atoms with van der Waals surface area (Å²) >= 11 is 1.50. The van der Waals surface area contributed by atoms with Gasteiger partial charge in [-0.1, -0.05) is 13.8 Å². The molecule has 0 aliphatic rings. The summed E-state index contributed by atoms with van der Waals surface area (Å²) in [5, 5.41) is 11.8. The zero-order chi connectivity index (χ0) is 13.6. The zero-order valence-electron chi connectivity index (χ0n) is 10.9. The number of nitrogens with one attached hydrogen (secondary N) is 1. The number of carbonyl (C=O) groups excluding carboxylic acids is 1. The summed E-state index contributed by atoms with van der Waals surface area (Å²) in [4.78, 5) is 22.5. The molecule has 0 saturated heterocycles. The largest absolute Gasteiger partial charge is 0.480 e. The van der Waals surface area contributed by atoms with Crippen molar-refractivity contribution in [3.8, 4) is 0 Å². The molecule has 0 aromatic carbocycles. The summed E-state index contributed by atoms with van der Waals surface area (Å²) in [6.45, 7) is 9.44. The zero-order valence-corrected chi connectivity index (χ0v) is 11.8. The lowest BCUT2D eigenvalue weighted by Gasteiger charge is -2.32. The van der Waals surface area contributed by atoms with E-state index in [-0.39, 0.29) is 11.9 Å². The monoisotopic (exact) mass is 263 g/mol. The second-order valence-electron chi connectivity index (χ2n) is 4.41. The molecule has 0 heterocycles. The lowest BCUT2D eigenvalue weighted by atomic mass is 10.0. The number of rotatable bonds is 6. The molecule has 0 rings (SSSR count). The highest BCUT2D eigenvalue weighted by molar-refractivity contribution is 8.01. The molecule has 0 fully saturated rings. The van der Waals surface area contributed by atoms with Crippen LogP contribution in [0.4, 0.5) is 4.79 Å². The van der Waals surface area contributed by atoms with Crippen LogP contribution in [-0.2, 0) is 9.53 Å². The Morgan fingerprint density at radius 1 is 1.41 bits per heavy atom. The quantitative estimate of drug-likeness (QED) is 0.767. The fourth-order valence-electron chi connectivity index (χ4n) is 1.50. The average molecular weight is 263 g/mol. The van der Waals surface area contributed by atoms with E-state index in [2.05, 4.69) is 5.32 Å².